The van der Waals surface area contributed by atoms with Crippen molar-refractivity contribution in [3.8, 4) is 0 Å². The number of nitrogens with zero attached hydrogens (tertiary/aromatic N) is 3. The van der Waals surface area contributed by atoms with Crippen molar-refractivity contribution in [3.05, 3.63) is 57.3 Å². The monoisotopic (exact) mass is 357 g/mol. The van der Waals surface area contributed by atoms with Crippen LogP contribution in [-0.4, -0.2) is 28.0 Å². The summed E-state index contributed by atoms with van der Waals surface area (Å²) in [6.45, 7) is 5.42. The van der Waals surface area contributed by atoms with Gasteiger partial charge >= 0.3 is 0 Å². The van der Waals surface area contributed by atoms with Crippen molar-refractivity contribution in [1.29, 1.82) is 0 Å². The Kier molecular flexibility index (Phi) is 4.53. The quantitative estimate of drug-likeness (QED) is 0.643. The van der Waals surface area contributed by atoms with Crippen LogP contribution in [0.25, 0.3) is 10.2 Å². The van der Waals surface area contributed by atoms with Crippen LogP contribution in [-0.2, 0) is 25.8 Å². The first-order chi connectivity index (χ1) is 11.7. The van der Waals surface area contributed by atoms with Gasteiger partial charge in [0.05, 0.1) is 5.39 Å². The summed E-state index contributed by atoms with van der Waals surface area (Å²) < 4.78 is 0. The number of aryl methyl sites for hydroxylation is 2. The Labute approximate surface area is 151 Å². The molecular weight excluding hydrogens is 338 g/mol. The molecule has 0 bridgehead atoms. The maximum absolute atomic E-state index is 6.53. The molecule has 0 N–H and O–H groups in total. The van der Waals surface area contributed by atoms with E-state index in [2.05, 4.69) is 41.1 Å². The minimum atomic E-state index is 0.630. The largest absolute Gasteiger partial charge is 0.298 e. The van der Waals surface area contributed by atoms with Crippen LogP contribution in [0.5, 0.6) is 0 Å². The second kappa shape index (κ2) is 6.79. The van der Waals surface area contributed by atoms with Gasteiger partial charge in [0.25, 0.3) is 0 Å². The van der Waals surface area contributed by atoms with Crippen LogP contribution >= 0.6 is 22.9 Å². The SMILES string of the molecule is CCN1CCc2c(sc3nc(CCc4ccccc4)nc(Cl)c23)C1. The van der Waals surface area contributed by atoms with E-state index < -0.39 is 0 Å². The molecule has 5 heteroatoms. The van der Waals surface area contributed by atoms with Gasteiger partial charge < -0.3 is 0 Å². The van der Waals surface area contributed by atoms with Gasteiger partial charge in [0.2, 0.25) is 0 Å². The summed E-state index contributed by atoms with van der Waals surface area (Å²) in [7, 11) is 0. The molecule has 2 aromatic heterocycles. The third kappa shape index (κ3) is 3.06. The summed E-state index contributed by atoms with van der Waals surface area (Å²) in [5.74, 6) is 0.849. The third-order valence-electron chi connectivity index (χ3n) is 4.71. The van der Waals surface area contributed by atoms with Crippen molar-refractivity contribution in [3.63, 3.8) is 0 Å². The number of fused-ring (bicyclic) bond motifs is 3. The van der Waals surface area contributed by atoms with Crippen LogP contribution in [0.2, 0.25) is 5.15 Å². The van der Waals surface area contributed by atoms with E-state index in [1.165, 1.54) is 16.0 Å². The number of hydrogen-bond acceptors (Lipinski definition) is 4. The van der Waals surface area contributed by atoms with Crippen LogP contribution in [0.15, 0.2) is 30.3 Å². The summed E-state index contributed by atoms with van der Waals surface area (Å²) in [6.07, 6.45) is 2.82. The second-order valence-corrected chi connectivity index (χ2v) is 7.66. The molecular formula is C19H20ClN3S. The van der Waals surface area contributed by atoms with Crippen molar-refractivity contribution >= 4 is 33.2 Å². The summed E-state index contributed by atoms with van der Waals surface area (Å²) in [5.41, 5.74) is 2.68. The first kappa shape index (κ1) is 16.0. The van der Waals surface area contributed by atoms with Crippen LogP contribution in [0.3, 0.4) is 0 Å². The first-order valence-corrected chi connectivity index (χ1v) is 9.67. The summed E-state index contributed by atoms with van der Waals surface area (Å²) in [6, 6.07) is 10.5. The van der Waals surface area contributed by atoms with Crippen molar-refractivity contribution in [1.82, 2.24) is 14.9 Å². The predicted molar refractivity (Wildman–Crippen MR) is 101 cm³/mol. The molecule has 0 saturated carbocycles. The van der Waals surface area contributed by atoms with E-state index in [-0.39, 0.29) is 0 Å². The highest BCUT2D eigenvalue weighted by molar-refractivity contribution is 7.19. The van der Waals surface area contributed by atoms with Crippen LogP contribution in [0, 0.1) is 0 Å². The van der Waals surface area contributed by atoms with Gasteiger partial charge in [-0.25, -0.2) is 9.97 Å². The lowest BCUT2D eigenvalue weighted by Crippen LogP contribution is -2.29. The standard InChI is InChI=1S/C19H20ClN3S/c1-2-23-11-10-14-15(12-23)24-19-17(14)18(20)21-16(22-19)9-8-13-6-4-3-5-7-13/h3-7H,2,8-12H2,1H3. The van der Waals surface area contributed by atoms with E-state index in [1.54, 1.807) is 11.3 Å². The molecule has 0 atom stereocenters. The Morgan fingerprint density at radius 1 is 1.17 bits per heavy atom. The molecule has 1 aliphatic rings. The molecule has 0 radical (unpaired) electrons. The maximum Gasteiger partial charge on any atom is 0.141 e. The lowest BCUT2D eigenvalue weighted by molar-refractivity contribution is 0.272. The molecule has 0 saturated heterocycles. The third-order valence-corrected chi connectivity index (χ3v) is 6.09. The molecule has 1 aliphatic heterocycles. The Bertz CT molecular complexity index is 860. The zero-order valence-corrected chi connectivity index (χ0v) is 15.3. The van der Waals surface area contributed by atoms with Crippen LogP contribution in [0.1, 0.15) is 28.8 Å². The minimum Gasteiger partial charge on any atom is -0.298 e. The lowest BCUT2D eigenvalue weighted by atomic mass is 10.1. The molecule has 124 valence electrons. The van der Waals surface area contributed by atoms with Gasteiger partial charge in [-0.15, -0.1) is 11.3 Å². The number of rotatable bonds is 4. The van der Waals surface area contributed by atoms with E-state index in [0.29, 0.717) is 5.15 Å². The lowest BCUT2D eigenvalue weighted by Gasteiger charge is -2.25. The highest BCUT2D eigenvalue weighted by Gasteiger charge is 2.23. The molecule has 0 spiro atoms. The fourth-order valence-electron chi connectivity index (χ4n) is 3.33. The Morgan fingerprint density at radius 3 is 2.79 bits per heavy atom. The topological polar surface area (TPSA) is 29.0 Å². The average Bonchev–Trinajstić information content (AvgIpc) is 2.98. The van der Waals surface area contributed by atoms with Gasteiger partial charge in [0.15, 0.2) is 0 Å². The van der Waals surface area contributed by atoms with Gasteiger partial charge in [-0.05, 0) is 30.5 Å². The second-order valence-electron chi connectivity index (χ2n) is 6.22. The summed E-state index contributed by atoms with van der Waals surface area (Å²) in [4.78, 5) is 14.3. The van der Waals surface area contributed by atoms with Crippen molar-refractivity contribution in [2.75, 3.05) is 13.1 Å². The average molecular weight is 358 g/mol. The molecule has 1 aromatic carbocycles. The molecule has 24 heavy (non-hydrogen) atoms. The number of likely N-dealkylation sites (N-methyl/N-ethyl adjacent to an activating group) is 1. The highest BCUT2D eigenvalue weighted by Crippen LogP contribution is 2.37. The Balaban J connectivity index is 1.63. The Hall–Kier alpha value is -1.49. The molecule has 0 aliphatic carbocycles. The molecule has 0 amide bonds. The summed E-state index contributed by atoms with van der Waals surface area (Å²) >= 11 is 8.33. The van der Waals surface area contributed by atoms with Gasteiger partial charge in [0.1, 0.15) is 15.8 Å². The Morgan fingerprint density at radius 2 is 2.00 bits per heavy atom. The van der Waals surface area contributed by atoms with Gasteiger partial charge in [0, 0.05) is 24.4 Å². The van der Waals surface area contributed by atoms with E-state index >= 15 is 0 Å². The van der Waals surface area contributed by atoms with Gasteiger partial charge in [-0.1, -0.05) is 48.9 Å². The van der Waals surface area contributed by atoms with Crippen molar-refractivity contribution < 1.29 is 0 Å². The molecule has 0 unspecified atom stereocenters. The number of benzene rings is 1. The van der Waals surface area contributed by atoms with E-state index in [9.17, 15) is 0 Å². The van der Waals surface area contributed by atoms with Crippen LogP contribution in [0.4, 0.5) is 0 Å². The van der Waals surface area contributed by atoms with Crippen molar-refractivity contribution in [2.45, 2.75) is 32.7 Å². The molecule has 3 nitrogen and oxygen atoms in total. The zero-order valence-electron chi connectivity index (χ0n) is 13.8. The van der Waals surface area contributed by atoms with Crippen LogP contribution < -0.4 is 0 Å². The van der Waals surface area contributed by atoms with E-state index in [1.807, 2.05) is 6.07 Å². The molecule has 4 rings (SSSR count). The highest BCUT2D eigenvalue weighted by atomic mass is 35.5. The predicted octanol–water partition coefficient (Wildman–Crippen LogP) is 4.51. The maximum atomic E-state index is 6.53. The van der Waals surface area contributed by atoms with Gasteiger partial charge in [-0.3, -0.25) is 4.90 Å². The zero-order chi connectivity index (χ0) is 16.5. The fourth-order valence-corrected chi connectivity index (χ4v) is 4.97. The van der Waals surface area contributed by atoms with E-state index in [0.717, 1.165) is 54.9 Å². The number of halogens is 1. The normalized spacial score (nSPS) is 14.9. The number of thiophene rings is 1. The van der Waals surface area contributed by atoms with Crippen molar-refractivity contribution in [2.24, 2.45) is 0 Å². The summed E-state index contributed by atoms with van der Waals surface area (Å²) in [5, 5.41) is 1.72. The fraction of sp³-hybridized carbons (Fsp3) is 0.368. The first-order valence-electron chi connectivity index (χ1n) is 8.47. The minimum absolute atomic E-state index is 0.630. The molecule has 3 heterocycles. The molecule has 3 aromatic rings. The molecule has 0 fully saturated rings. The van der Waals surface area contributed by atoms with E-state index in [4.69, 9.17) is 16.6 Å². The smallest absolute Gasteiger partial charge is 0.141 e. The number of aromatic nitrogens is 2. The number of hydrogen-bond donors (Lipinski definition) is 0. The van der Waals surface area contributed by atoms with Gasteiger partial charge in [-0.2, -0.15) is 0 Å².